The Balaban J connectivity index is 1.29. The molecular weight excluding hydrogens is 678 g/mol. The van der Waals surface area contributed by atoms with Crippen molar-refractivity contribution in [2.24, 2.45) is 11.8 Å². The van der Waals surface area contributed by atoms with Gasteiger partial charge in [0.1, 0.15) is 23.0 Å². The first kappa shape index (κ1) is 30.2. The number of nitrogens with zero attached hydrogens (tertiary/aromatic N) is 1. The molecule has 5 heterocycles. The molecule has 244 valence electrons. The van der Waals surface area contributed by atoms with Crippen LogP contribution in [0.15, 0.2) is 69.7 Å². The number of aromatic hydroxyl groups is 1. The van der Waals surface area contributed by atoms with Gasteiger partial charge in [-0.3, -0.25) is 14.4 Å². The van der Waals surface area contributed by atoms with Crippen LogP contribution >= 0.6 is 15.9 Å². The predicted octanol–water partition coefficient (Wildman–Crippen LogP) is 5.72. The molecule has 0 radical (unpaired) electrons. The average molecular weight is 711 g/mol. The van der Waals surface area contributed by atoms with Crippen LogP contribution in [0.5, 0.6) is 11.5 Å². The first-order valence-electron chi connectivity index (χ1n) is 15.9. The van der Waals surface area contributed by atoms with Crippen LogP contribution in [-0.4, -0.2) is 45.4 Å². The molecule has 4 atom stereocenters. The van der Waals surface area contributed by atoms with Crippen molar-refractivity contribution in [2.75, 3.05) is 11.9 Å². The number of fused-ring (bicyclic) bond motifs is 5. The van der Waals surface area contributed by atoms with Gasteiger partial charge in [-0.15, -0.1) is 0 Å². The lowest BCUT2D eigenvalue weighted by molar-refractivity contribution is -0.125. The highest BCUT2D eigenvalue weighted by molar-refractivity contribution is 9.10. The summed E-state index contributed by atoms with van der Waals surface area (Å²) in [5.74, 6) is -0.529. The Labute approximate surface area is 283 Å². The van der Waals surface area contributed by atoms with Gasteiger partial charge in [-0.1, -0.05) is 57.2 Å². The minimum absolute atomic E-state index is 0.0111. The highest BCUT2D eigenvalue weighted by Gasteiger charge is 2.61. The number of H-pyrrole nitrogens is 1. The second-order valence-electron chi connectivity index (χ2n) is 13.0. The fraction of sp³-hybridized carbons (Fsp3) is 0.278. The summed E-state index contributed by atoms with van der Waals surface area (Å²) in [7, 11) is 0. The van der Waals surface area contributed by atoms with Crippen LogP contribution < -0.4 is 20.7 Å². The standard InChI is InChI=1S/C36H32BrN5O6/c1-16(2)27-34-41-30(33(46)39-15-25(44)20-14-38-28-19(20)6-4-9-24(28)43)31(48-34)36-21-7-5-8-23(37)29(21)42-35(36)47-26-11-10-18(13-22(26)36)12-17(3)32(45)40-27/h4-11,13-14,16-17,27,35,38,42-43H,12,15H2,1-3H3,(H,39,46)(H,40,45)/t17-,27-,35?,36-/m0/s1. The molecule has 0 fully saturated rings. The summed E-state index contributed by atoms with van der Waals surface area (Å²) in [4.78, 5) is 48.8. The van der Waals surface area contributed by atoms with E-state index in [1.165, 1.54) is 12.3 Å². The molecule has 48 heavy (non-hydrogen) atoms. The number of rotatable bonds is 5. The number of amides is 2. The van der Waals surface area contributed by atoms with Crippen molar-refractivity contribution in [3.05, 3.63) is 105 Å². The van der Waals surface area contributed by atoms with Crippen molar-refractivity contribution >= 4 is 50.1 Å². The molecule has 8 rings (SSSR count). The van der Waals surface area contributed by atoms with E-state index in [1.54, 1.807) is 12.1 Å². The molecule has 0 saturated heterocycles. The summed E-state index contributed by atoms with van der Waals surface area (Å²) < 4.78 is 14.1. The molecule has 0 saturated carbocycles. The molecule has 2 amide bonds. The zero-order valence-corrected chi connectivity index (χ0v) is 27.9. The van der Waals surface area contributed by atoms with E-state index in [0.29, 0.717) is 28.6 Å². The topological polar surface area (TPSA) is 159 Å². The van der Waals surface area contributed by atoms with E-state index in [9.17, 15) is 19.5 Å². The Morgan fingerprint density at radius 3 is 2.75 bits per heavy atom. The van der Waals surface area contributed by atoms with Crippen LogP contribution in [0, 0.1) is 11.8 Å². The van der Waals surface area contributed by atoms with Crippen LogP contribution in [0.1, 0.15) is 76.0 Å². The lowest BCUT2D eigenvalue weighted by atomic mass is 9.72. The highest BCUT2D eigenvalue weighted by Crippen LogP contribution is 2.59. The second-order valence-corrected chi connectivity index (χ2v) is 13.9. The van der Waals surface area contributed by atoms with Gasteiger partial charge < -0.3 is 35.2 Å². The first-order chi connectivity index (χ1) is 23.1. The molecule has 3 aromatic carbocycles. The van der Waals surface area contributed by atoms with Crippen LogP contribution in [0.25, 0.3) is 10.9 Å². The van der Waals surface area contributed by atoms with Crippen LogP contribution in [0.2, 0.25) is 0 Å². The number of aromatic nitrogens is 2. The van der Waals surface area contributed by atoms with E-state index in [4.69, 9.17) is 14.1 Å². The third-order valence-electron chi connectivity index (χ3n) is 9.66. The maximum Gasteiger partial charge on any atom is 0.273 e. The normalized spacial score (nSPS) is 22.2. The van der Waals surface area contributed by atoms with E-state index < -0.39 is 23.6 Å². The summed E-state index contributed by atoms with van der Waals surface area (Å²) in [5, 5.41) is 20.1. The van der Waals surface area contributed by atoms with E-state index in [0.717, 1.165) is 26.9 Å². The Bertz CT molecular complexity index is 2170. The number of oxazole rings is 1. The van der Waals surface area contributed by atoms with Gasteiger partial charge in [0.15, 0.2) is 23.5 Å². The van der Waals surface area contributed by atoms with Crippen molar-refractivity contribution in [1.82, 2.24) is 20.6 Å². The van der Waals surface area contributed by atoms with Crippen molar-refractivity contribution < 1.29 is 28.6 Å². The van der Waals surface area contributed by atoms with Crippen molar-refractivity contribution in [1.29, 1.82) is 0 Å². The van der Waals surface area contributed by atoms with Gasteiger partial charge in [0.05, 0.1) is 17.7 Å². The highest BCUT2D eigenvalue weighted by atomic mass is 79.9. The fourth-order valence-electron chi connectivity index (χ4n) is 7.24. The number of carbonyl (C=O) groups excluding carboxylic acids is 3. The zero-order chi connectivity index (χ0) is 33.5. The van der Waals surface area contributed by atoms with Gasteiger partial charge in [0.25, 0.3) is 5.91 Å². The van der Waals surface area contributed by atoms with Gasteiger partial charge in [0.2, 0.25) is 11.8 Å². The van der Waals surface area contributed by atoms with Gasteiger partial charge >= 0.3 is 0 Å². The molecule has 12 heteroatoms. The number of hydrogen-bond donors (Lipinski definition) is 5. The number of anilines is 1. The molecule has 1 unspecified atom stereocenters. The molecule has 11 nitrogen and oxygen atoms in total. The third kappa shape index (κ3) is 4.38. The maximum atomic E-state index is 14.3. The zero-order valence-electron chi connectivity index (χ0n) is 26.3. The number of ether oxygens (including phenoxy) is 1. The Morgan fingerprint density at radius 2 is 1.94 bits per heavy atom. The number of nitrogens with one attached hydrogen (secondary N) is 4. The predicted molar refractivity (Wildman–Crippen MR) is 180 cm³/mol. The summed E-state index contributed by atoms with van der Waals surface area (Å²) >= 11 is 3.68. The summed E-state index contributed by atoms with van der Waals surface area (Å²) in [6.45, 7) is 5.45. The lowest BCUT2D eigenvalue weighted by Gasteiger charge is -2.28. The number of benzene rings is 3. The van der Waals surface area contributed by atoms with Crippen LogP contribution in [0.4, 0.5) is 5.69 Å². The average Bonchev–Trinajstić information content (AvgIpc) is 3.83. The van der Waals surface area contributed by atoms with Crippen molar-refractivity contribution in [3.63, 3.8) is 0 Å². The minimum atomic E-state index is -1.13. The summed E-state index contributed by atoms with van der Waals surface area (Å²) in [6.07, 6.45) is 1.33. The van der Waals surface area contributed by atoms with E-state index in [2.05, 4.69) is 36.9 Å². The largest absolute Gasteiger partial charge is 0.506 e. The third-order valence-corrected chi connectivity index (χ3v) is 10.3. The molecule has 5 aromatic rings. The van der Waals surface area contributed by atoms with Crippen molar-refractivity contribution in [3.8, 4) is 11.5 Å². The molecule has 0 aliphatic carbocycles. The quantitative estimate of drug-likeness (QED) is 0.145. The number of phenolic OH excluding ortho intramolecular Hbond substituents is 1. The molecule has 4 bridgehead atoms. The Kier molecular flexibility index (Phi) is 6.92. The number of para-hydroxylation sites is 2. The number of aromatic amines is 1. The van der Waals surface area contributed by atoms with Crippen LogP contribution in [0.3, 0.4) is 0 Å². The molecule has 3 aliphatic rings. The number of phenols is 1. The molecular formula is C36H32BrN5O6. The van der Waals surface area contributed by atoms with Gasteiger partial charge in [-0.25, -0.2) is 4.98 Å². The number of Topliss-reactive ketones (excluding diaryl/α,β-unsaturated/α-hetero) is 1. The maximum absolute atomic E-state index is 14.3. The molecule has 3 aliphatic heterocycles. The van der Waals surface area contributed by atoms with Gasteiger partial charge in [-0.2, -0.15) is 0 Å². The number of ketones is 1. The van der Waals surface area contributed by atoms with Gasteiger partial charge in [-0.05, 0) is 52.0 Å². The Morgan fingerprint density at radius 1 is 1.12 bits per heavy atom. The summed E-state index contributed by atoms with van der Waals surface area (Å²) in [5.41, 5.74) is 2.99. The second kappa shape index (κ2) is 11.0. The lowest BCUT2D eigenvalue weighted by Crippen LogP contribution is -2.41. The van der Waals surface area contributed by atoms with E-state index in [1.807, 2.05) is 57.2 Å². The minimum Gasteiger partial charge on any atom is -0.506 e. The first-order valence-corrected chi connectivity index (χ1v) is 16.6. The Hall–Kier alpha value is -5.10. The monoisotopic (exact) mass is 709 g/mol. The summed E-state index contributed by atoms with van der Waals surface area (Å²) in [6, 6.07) is 16.0. The number of carbonyl (C=O) groups is 3. The van der Waals surface area contributed by atoms with Gasteiger partial charge in [0, 0.05) is 38.7 Å². The SMILES string of the molecule is CC(C)[C@@H]1NC(=O)[C@@H](C)Cc2ccc3c(c2)[C@@]2(c4cccc(Br)c4NC2O3)c2oc1nc2C(=O)NCC(=O)c1c[nH]c2c(O)cccc12. The van der Waals surface area contributed by atoms with Crippen molar-refractivity contribution in [2.45, 2.75) is 44.9 Å². The molecule has 2 aromatic heterocycles. The smallest absolute Gasteiger partial charge is 0.273 e. The molecule has 1 spiro atoms. The fourth-order valence-corrected chi connectivity index (χ4v) is 7.73. The van der Waals surface area contributed by atoms with E-state index in [-0.39, 0.29) is 53.2 Å². The molecule has 5 N–H and O–H groups in total. The number of hydrogen-bond acceptors (Lipinski definition) is 8. The number of halogens is 1. The van der Waals surface area contributed by atoms with E-state index >= 15 is 0 Å². The van der Waals surface area contributed by atoms with Crippen LogP contribution in [-0.2, 0) is 16.6 Å².